The summed E-state index contributed by atoms with van der Waals surface area (Å²) in [4.78, 5) is 43.9. The number of carbonyl (C=O) groups excluding carboxylic acids is 3. The number of aliphatic hydroxyl groups is 1. The van der Waals surface area contributed by atoms with E-state index in [1.807, 2.05) is 51.1 Å². The first-order chi connectivity index (χ1) is 18.3. The van der Waals surface area contributed by atoms with Gasteiger partial charge < -0.3 is 25.4 Å². The van der Waals surface area contributed by atoms with E-state index in [1.165, 1.54) is 6.42 Å². The van der Waals surface area contributed by atoms with Gasteiger partial charge in [0.15, 0.2) is 0 Å². The molecule has 2 unspecified atom stereocenters. The van der Waals surface area contributed by atoms with Gasteiger partial charge in [-0.2, -0.15) is 0 Å². The number of hydrogen-bond donors (Lipinski definition) is 3. The minimum absolute atomic E-state index is 0.0808. The van der Waals surface area contributed by atoms with Gasteiger partial charge in [-0.3, -0.25) is 14.4 Å². The summed E-state index contributed by atoms with van der Waals surface area (Å²) in [5.74, 6) is -1.93. The van der Waals surface area contributed by atoms with E-state index in [9.17, 15) is 19.5 Å². The van der Waals surface area contributed by atoms with Gasteiger partial charge in [0.1, 0.15) is 11.6 Å². The second-order valence-corrected chi connectivity index (χ2v) is 12.2. The highest BCUT2D eigenvalue weighted by Gasteiger charge is 2.79. The van der Waals surface area contributed by atoms with Gasteiger partial charge in [0.25, 0.3) is 0 Å². The Kier molecular flexibility index (Phi) is 7.57. The van der Waals surface area contributed by atoms with Crippen LogP contribution in [0.15, 0.2) is 30.3 Å². The Morgan fingerprint density at radius 3 is 2.45 bits per heavy atom. The molecule has 3 saturated heterocycles. The second kappa shape index (κ2) is 10.6. The molecule has 0 radical (unpaired) electrons. The van der Waals surface area contributed by atoms with E-state index >= 15 is 0 Å². The number of anilines is 1. The van der Waals surface area contributed by atoms with Crippen molar-refractivity contribution in [2.45, 2.75) is 108 Å². The number of rotatable bonds is 9. The predicted octanol–water partition coefficient (Wildman–Crippen LogP) is 3.64. The maximum Gasteiger partial charge on any atom is 0.246 e. The monoisotopic (exact) mass is 525 g/mol. The third-order valence-electron chi connectivity index (χ3n) is 9.49. The second-order valence-electron chi connectivity index (χ2n) is 12.2. The highest BCUT2D eigenvalue weighted by molar-refractivity contribution is 6.02. The Balaban J connectivity index is 1.53. The third kappa shape index (κ3) is 4.43. The first-order valence-electron chi connectivity index (χ1n) is 14.6. The van der Waals surface area contributed by atoms with Gasteiger partial charge >= 0.3 is 0 Å². The van der Waals surface area contributed by atoms with Crippen LogP contribution in [0, 0.1) is 17.8 Å². The van der Waals surface area contributed by atoms with Crippen molar-refractivity contribution in [3.63, 3.8) is 0 Å². The molecule has 1 aromatic carbocycles. The number of carbonyl (C=O) groups is 3. The number of hydrogen-bond acceptors (Lipinski definition) is 5. The molecule has 3 N–H and O–H groups in total. The fraction of sp³-hybridized carbons (Fsp3) is 0.700. The number of nitrogens with one attached hydrogen (secondary N) is 2. The van der Waals surface area contributed by atoms with E-state index in [2.05, 4.69) is 10.6 Å². The SMILES string of the molecule is CC[C@]12CCC3(O1)C(C(=O)NC1CCCCC1)N([C@@H](CO)CC(C)C)C(=O)[C@@H]3[C@H]2C(=O)Nc1ccccc1. The summed E-state index contributed by atoms with van der Waals surface area (Å²) in [6.45, 7) is 5.85. The molecule has 8 nitrogen and oxygen atoms in total. The maximum atomic E-state index is 14.4. The molecule has 6 atom stereocenters. The summed E-state index contributed by atoms with van der Waals surface area (Å²) in [7, 11) is 0. The van der Waals surface area contributed by atoms with Crippen molar-refractivity contribution in [1.29, 1.82) is 0 Å². The molecule has 3 amide bonds. The minimum atomic E-state index is -1.07. The van der Waals surface area contributed by atoms with Crippen LogP contribution in [0.2, 0.25) is 0 Å². The molecular formula is C30H43N3O5. The third-order valence-corrected chi connectivity index (χ3v) is 9.49. The molecule has 38 heavy (non-hydrogen) atoms. The molecule has 208 valence electrons. The van der Waals surface area contributed by atoms with Crippen molar-refractivity contribution in [2.24, 2.45) is 17.8 Å². The number of ether oxygens (including phenoxy) is 1. The summed E-state index contributed by atoms with van der Waals surface area (Å²) in [5.41, 5.74) is -1.20. The van der Waals surface area contributed by atoms with Gasteiger partial charge in [0.05, 0.1) is 30.1 Å². The summed E-state index contributed by atoms with van der Waals surface area (Å²) in [5, 5.41) is 16.7. The van der Waals surface area contributed by atoms with Crippen molar-refractivity contribution >= 4 is 23.4 Å². The Morgan fingerprint density at radius 1 is 1.11 bits per heavy atom. The summed E-state index contributed by atoms with van der Waals surface area (Å²) < 4.78 is 6.85. The Labute approximate surface area is 225 Å². The van der Waals surface area contributed by atoms with Gasteiger partial charge in [0.2, 0.25) is 17.7 Å². The molecule has 3 heterocycles. The number of amides is 3. The average molecular weight is 526 g/mol. The van der Waals surface area contributed by atoms with Gasteiger partial charge in [0, 0.05) is 11.7 Å². The largest absolute Gasteiger partial charge is 0.394 e. The lowest BCUT2D eigenvalue weighted by Crippen LogP contribution is -2.59. The minimum Gasteiger partial charge on any atom is -0.394 e. The smallest absolute Gasteiger partial charge is 0.246 e. The van der Waals surface area contributed by atoms with Crippen molar-refractivity contribution in [2.75, 3.05) is 11.9 Å². The van der Waals surface area contributed by atoms with E-state index in [1.54, 1.807) is 4.90 Å². The molecule has 1 spiro atoms. The molecule has 1 saturated carbocycles. The highest BCUT2D eigenvalue weighted by Crippen LogP contribution is 2.64. The molecule has 8 heteroatoms. The molecule has 2 bridgehead atoms. The molecule has 1 aromatic rings. The van der Waals surface area contributed by atoms with Crippen LogP contribution in [0.3, 0.4) is 0 Å². The Bertz CT molecular complexity index is 1040. The molecule has 4 aliphatic rings. The molecule has 3 aliphatic heterocycles. The number of aliphatic hydroxyl groups excluding tert-OH is 1. The first-order valence-corrected chi connectivity index (χ1v) is 14.6. The quantitative estimate of drug-likeness (QED) is 0.456. The molecule has 4 fully saturated rings. The average Bonchev–Trinajstić information content (AvgIpc) is 3.52. The van der Waals surface area contributed by atoms with Crippen LogP contribution in [-0.2, 0) is 19.1 Å². The van der Waals surface area contributed by atoms with E-state index in [4.69, 9.17) is 4.74 Å². The molecule has 1 aliphatic carbocycles. The van der Waals surface area contributed by atoms with Gasteiger partial charge in [-0.15, -0.1) is 0 Å². The zero-order valence-corrected chi connectivity index (χ0v) is 22.9. The Morgan fingerprint density at radius 2 is 1.82 bits per heavy atom. The van der Waals surface area contributed by atoms with Crippen molar-refractivity contribution in [3.05, 3.63) is 30.3 Å². The fourth-order valence-corrected chi connectivity index (χ4v) is 7.84. The number of para-hydroxylation sites is 1. The first kappa shape index (κ1) is 27.1. The molecule has 0 aromatic heterocycles. The number of nitrogens with zero attached hydrogens (tertiary/aromatic N) is 1. The van der Waals surface area contributed by atoms with Crippen LogP contribution in [0.5, 0.6) is 0 Å². The summed E-state index contributed by atoms with van der Waals surface area (Å²) >= 11 is 0. The van der Waals surface area contributed by atoms with E-state index in [0.29, 0.717) is 31.4 Å². The van der Waals surface area contributed by atoms with Crippen molar-refractivity contribution < 1.29 is 24.2 Å². The lowest BCUT2D eigenvalue weighted by molar-refractivity contribution is -0.151. The lowest BCUT2D eigenvalue weighted by atomic mass is 9.65. The standard InChI is InChI=1S/C30H43N3O5/c1-4-29-15-16-30(38-29)24(23(29)26(35)31-20-11-7-5-8-12-20)28(37)33(22(18-34)17-19(2)3)25(30)27(36)32-21-13-9-6-10-14-21/h5,7-8,11-12,19,21-25,34H,4,6,9-10,13-18H2,1-3H3,(H,31,35)(H,32,36)/t22-,23+,24+,25?,29-,30?/m1/s1. The van der Waals surface area contributed by atoms with E-state index < -0.39 is 35.1 Å². The van der Waals surface area contributed by atoms with Crippen LogP contribution in [-0.4, -0.2) is 63.7 Å². The molecular weight excluding hydrogens is 482 g/mol. The number of benzene rings is 1. The topological polar surface area (TPSA) is 108 Å². The Hall–Kier alpha value is -2.45. The normalized spacial score (nSPS) is 33.4. The summed E-state index contributed by atoms with van der Waals surface area (Å²) in [6, 6.07) is 7.96. The van der Waals surface area contributed by atoms with Crippen LogP contribution in [0.1, 0.15) is 78.6 Å². The van der Waals surface area contributed by atoms with E-state index in [-0.39, 0.29) is 36.3 Å². The zero-order valence-electron chi connectivity index (χ0n) is 22.9. The fourth-order valence-electron chi connectivity index (χ4n) is 7.84. The van der Waals surface area contributed by atoms with Crippen molar-refractivity contribution in [1.82, 2.24) is 10.2 Å². The highest BCUT2D eigenvalue weighted by atomic mass is 16.5. The number of fused-ring (bicyclic) bond motifs is 1. The lowest BCUT2D eigenvalue weighted by Gasteiger charge is -2.38. The van der Waals surface area contributed by atoms with Crippen LogP contribution in [0.4, 0.5) is 5.69 Å². The predicted molar refractivity (Wildman–Crippen MR) is 144 cm³/mol. The van der Waals surface area contributed by atoms with Crippen LogP contribution >= 0.6 is 0 Å². The van der Waals surface area contributed by atoms with Crippen molar-refractivity contribution in [3.8, 4) is 0 Å². The van der Waals surface area contributed by atoms with Gasteiger partial charge in [-0.05, 0) is 56.6 Å². The summed E-state index contributed by atoms with van der Waals surface area (Å²) in [6.07, 6.45) is 7.51. The maximum absolute atomic E-state index is 14.4. The van der Waals surface area contributed by atoms with E-state index in [0.717, 1.165) is 25.7 Å². The van der Waals surface area contributed by atoms with Crippen LogP contribution < -0.4 is 10.6 Å². The van der Waals surface area contributed by atoms with Gasteiger partial charge in [-0.1, -0.05) is 58.2 Å². The molecule has 5 rings (SSSR count). The zero-order chi connectivity index (χ0) is 27.1. The van der Waals surface area contributed by atoms with Gasteiger partial charge in [-0.25, -0.2) is 0 Å². The van der Waals surface area contributed by atoms with Crippen LogP contribution in [0.25, 0.3) is 0 Å². The number of likely N-dealkylation sites (tertiary alicyclic amines) is 1.